The third kappa shape index (κ3) is 6.89. The maximum atomic E-state index is 8.81. The van der Waals surface area contributed by atoms with Crippen molar-refractivity contribution in [2.75, 3.05) is 37.3 Å². The lowest BCUT2D eigenvalue weighted by Gasteiger charge is -2.33. The molecule has 5 nitrogen and oxygen atoms in total. The molecule has 2 aromatic carbocycles. The Balaban J connectivity index is 0.000000224. The SMILES string of the molecule is CC=O.C[C@@H]1Cc2cc(C3CCNCC3)ccc2N(C)C1.N#Cc1ccc(N)cc1. The first-order chi connectivity index (χ1) is 14.5. The summed E-state index contributed by atoms with van der Waals surface area (Å²) in [6, 6.07) is 16.0. The lowest BCUT2D eigenvalue weighted by atomic mass is 9.86. The molecule has 0 amide bonds. The molecule has 0 saturated carbocycles. The molecule has 30 heavy (non-hydrogen) atoms. The predicted octanol–water partition coefficient (Wildman–Crippen LogP) is 4.13. The number of hydrogen-bond acceptors (Lipinski definition) is 5. The molecule has 4 rings (SSSR count). The Kier molecular flexibility index (Phi) is 9.37. The lowest BCUT2D eigenvalue weighted by Crippen LogP contribution is -2.31. The highest BCUT2D eigenvalue weighted by atomic mass is 16.1. The van der Waals surface area contributed by atoms with E-state index in [9.17, 15) is 0 Å². The number of nitrogens with two attached hydrogens (primary N) is 1. The average Bonchev–Trinajstić information content (AvgIpc) is 2.75. The Hall–Kier alpha value is -2.84. The van der Waals surface area contributed by atoms with Gasteiger partial charge in [0.1, 0.15) is 6.29 Å². The molecule has 5 heteroatoms. The van der Waals surface area contributed by atoms with Crippen molar-refractivity contribution >= 4 is 17.7 Å². The largest absolute Gasteiger partial charge is 0.399 e. The molecule has 2 aliphatic heterocycles. The number of aldehydes is 1. The summed E-state index contributed by atoms with van der Waals surface area (Å²) in [4.78, 5) is 11.2. The molecule has 1 fully saturated rings. The minimum atomic E-state index is 0.643. The number of piperidine rings is 1. The number of benzene rings is 2. The van der Waals surface area contributed by atoms with Crippen LogP contribution in [0.15, 0.2) is 42.5 Å². The van der Waals surface area contributed by atoms with E-state index in [-0.39, 0.29) is 0 Å². The zero-order valence-corrected chi connectivity index (χ0v) is 18.4. The molecule has 2 aromatic rings. The standard InChI is InChI=1S/C16H24N2.C7H6N2.C2H4O/c1-12-9-15-10-14(13-5-7-17-8-6-13)3-4-16(15)18(2)11-12;8-5-6-1-3-7(9)4-2-6;1-2-3/h3-4,10,12-13,17H,5-9,11H2,1-2H3;1-4H,9H2;2H,1H3/t12-;;/m1../s1. The van der Waals surface area contributed by atoms with Crippen LogP contribution in [0.4, 0.5) is 11.4 Å². The molecule has 160 valence electrons. The van der Waals surface area contributed by atoms with Gasteiger partial charge in [0.05, 0.1) is 11.6 Å². The minimum absolute atomic E-state index is 0.643. The van der Waals surface area contributed by atoms with E-state index in [1.54, 1.807) is 35.4 Å². The Morgan fingerprint density at radius 1 is 1.17 bits per heavy atom. The number of rotatable bonds is 1. The Morgan fingerprint density at radius 2 is 1.80 bits per heavy atom. The fourth-order valence-corrected chi connectivity index (χ4v) is 4.11. The second-order valence-corrected chi connectivity index (χ2v) is 8.07. The van der Waals surface area contributed by atoms with Gasteiger partial charge in [0, 0.05) is 25.0 Å². The quantitative estimate of drug-likeness (QED) is 0.550. The number of nitrogen functional groups attached to an aromatic ring is 1. The van der Waals surface area contributed by atoms with Gasteiger partial charge in [-0.2, -0.15) is 5.26 Å². The normalized spacial score (nSPS) is 17.9. The zero-order chi connectivity index (χ0) is 21.9. The van der Waals surface area contributed by atoms with Crippen LogP contribution < -0.4 is 16.0 Å². The molecule has 0 bridgehead atoms. The van der Waals surface area contributed by atoms with Crippen LogP contribution in [0.5, 0.6) is 0 Å². The third-order valence-corrected chi connectivity index (χ3v) is 5.52. The van der Waals surface area contributed by atoms with Gasteiger partial charge in [-0.3, -0.25) is 0 Å². The molecule has 0 spiro atoms. The summed E-state index contributed by atoms with van der Waals surface area (Å²) in [5.41, 5.74) is 11.3. The summed E-state index contributed by atoms with van der Waals surface area (Å²) in [7, 11) is 2.22. The van der Waals surface area contributed by atoms with Crippen molar-refractivity contribution in [1.82, 2.24) is 5.32 Å². The second-order valence-electron chi connectivity index (χ2n) is 8.07. The predicted molar refractivity (Wildman–Crippen MR) is 125 cm³/mol. The summed E-state index contributed by atoms with van der Waals surface area (Å²) in [5, 5.41) is 11.8. The summed E-state index contributed by atoms with van der Waals surface area (Å²) >= 11 is 0. The van der Waals surface area contributed by atoms with Gasteiger partial charge in [-0.25, -0.2) is 0 Å². The van der Waals surface area contributed by atoms with E-state index in [0.29, 0.717) is 11.3 Å². The highest BCUT2D eigenvalue weighted by molar-refractivity contribution is 5.57. The number of carbonyl (C=O) groups excluding carboxylic acids is 1. The van der Waals surface area contributed by atoms with E-state index in [1.165, 1.54) is 51.5 Å². The maximum Gasteiger partial charge on any atom is 0.116 e. The van der Waals surface area contributed by atoms with Gasteiger partial charge >= 0.3 is 0 Å². The van der Waals surface area contributed by atoms with E-state index >= 15 is 0 Å². The molecule has 0 unspecified atom stereocenters. The Bertz CT molecular complexity index is 835. The highest BCUT2D eigenvalue weighted by Gasteiger charge is 2.21. The highest BCUT2D eigenvalue weighted by Crippen LogP contribution is 2.33. The molecule has 0 aliphatic carbocycles. The van der Waals surface area contributed by atoms with Gasteiger partial charge in [-0.1, -0.05) is 19.1 Å². The Morgan fingerprint density at radius 3 is 2.40 bits per heavy atom. The van der Waals surface area contributed by atoms with Crippen molar-refractivity contribution in [3.63, 3.8) is 0 Å². The number of anilines is 2. The lowest BCUT2D eigenvalue weighted by molar-refractivity contribution is -0.106. The van der Waals surface area contributed by atoms with Crippen LogP contribution in [0.3, 0.4) is 0 Å². The number of hydrogen-bond donors (Lipinski definition) is 2. The molecule has 0 aromatic heterocycles. The van der Waals surface area contributed by atoms with Crippen molar-refractivity contribution in [3.05, 3.63) is 59.2 Å². The molecule has 1 saturated heterocycles. The fourth-order valence-electron chi connectivity index (χ4n) is 4.11. The average molecular weight is 407 g/mol. The second kappa shape index (κ2) is 12.0. The van der Waals surface area contributed by atoms with E-state index < -0.39 is 0 Å². The van der Waals surface area contributed by atoms with Gasteiger partial charge < -0.3 is 20.7 Å². The third-order valence-electron chi connectivity index (χ3n) is 5.52. The Labute approximate surface area is 180 Å². The van der Waals surface area contributed by atoms with Gasteiger partial charge in [0.2, 0.25) is 0 Å². The fraction of sp³-hybridized carbons (Fsp3) is 0.440. The minimum Gasteiger partial charge on any atom is -0.399 e. The summed E-state index contributed by atoms with van der Waals surface area (Å²) in [6.07, 6.45) is 4.59. The molecule has 2 aliphatic rings. The van der Waals surface area contributed by atoms with Crippen molar-refractivity contribution in [2.24, 2.45) is 5.92 Å². The topological polar surface area (TPSA) is 82.2 Å². The molecule has 2 heterocycles. The van der Waals surface area contributed by atoms with Crippen LogP contribution in [0.25, 0.3) is 0 Å². The molecular weight excluding hydrogens is 372 g/mol. The van der Waals surface area contributed by atoms with E-state index in [1.807, 2.05) is 6.07 Å². The van der Waals surface area contributed by atoms with Crippen LogP contribution in [-0.2, 0) is 11.2 Å². The first kappa shape index (κ1) is 23.4. The molecule has 1 atom stereocenters. The first-order valence-electron chi connectivity index (χ1n) is 10.7. The van der Waals surface area contributed by atoms with Crippen LogP contribution in [0.1, 0.15) is 49.3 Å². The van der Waals surface area contributed by atoms with Gasteiger partial charge in [-0.05, 0) is 92.6 Å². The van der Waals surface area contributed by atoms with Gasteiger partial charge in [-0.15, -0.1) is 0 Å². The van der Waals surface area contributed by atoms with Gasteiger partial charge in [0.25, 0.3) is 0 Å². The number of nitriles is 1. The van der Waals surface area contributed by atoms with Crippen LogP contribution in [0.2, 0.25) is 0 Å². The van der Waals surface area contributed by atoms with Crippen LogP contribution in [0, 0.1) is 17.2 Å². The first-order valence-corrected chi connectivity index (χ1v) is 10.7. The summed E-state index contributed by atoms with van der Waals surface area (Å²) in [5.74, 6) is 1.56. The van der Waals surface area contributed by atoms with E-state index in [2.05, 4.69) is 42.4 Å². The monoisotopic (exact) mass is 406 g/mol. The van der Waals surface area contributed by atoms with Crippen molar-refractivity contribution in [2.45, 2.75) is 39.0 Å². The number of nitrogens with zero attached hydrogens (tertiary/aromatic N) is 2. The number of nitrogens with one attached hydrogen (secondary N) is 1. The number of fused-ring (bicyclic) bond motifs is 1. The smallest absolute Gasteiger partial charge is 0.116 e. The van der Waals surface area contributed by atoms with Crippen molar-refractivity contribution in [1.29, 1.82) is 5.26 Å². The number of carbonyl (C=O) groups is 1. The van der Waals surface area contributed by atoms with Crippen LogP contribution >= 0.6 is 0 Å². The zero-order valence-electron chi connectivity index (χ0n) is 18.4. The van der Waals surface area contributed by atoms with Gasteiger partial charge in [0.15, 0.2) is 0 Å². The van der Waals surface area contributed by atoms with Crippen LogP contribution in [-0.4, -0.2) is 33.0 Å². The van der Waals surface area contributed by atoms with E-state index in [0.717, 1.165) is 18.1 Å². The summed E-state index contributed by atoms with van der Waals surface area (Å²) in [6.45, 7) is 7.35. The maximum absolute atomic E-state index is 8.81. The summed E-state index contributed by atoms with van der Waals surface area (Å²) < 4.78 is 0. The molecular formula is C25H34N4O. The van der Waals surface area contributed by atoms with E-state index in [4.69, 9.17) is 15.8 Å². The molecule has 3 N–H and O–H groups in total. The van der Waals surface area contributed by atoms with Crippen molar-refractivity contribution < 1.29 is 4.79 Å². The van der Waals surface area contributed by atoms with Crippen molar-refractivity contribution in [3.8, 4) is 6.07 Å². The molecule has 0 radical (unpaired) electrons.